The summed E-state index contributed by atoms with van der Waals surface area (Å²) in [5.41, 5.74) is 1.61. The average Bonchev–Trinajstić information content (AvgIpc) is 2.53. The first-order valence-electron chi connectivity index (χ1n) is 7.05. The SMILES string of the molecule is O=C(/C=C/c1cccc(Cl)c1)N[C@H](Cc1ccccc1)C(=O)O. The smallest absolute Gasteiger partial charge is 0.326 e. The summed E-state index contributed by atoms with van der Waals surface area (Å²) in [5.74, 6) is -1.54. The maximum atomic E-state index is 11.9. The Morgan fingerprint density at radius 2 is 1.87 bits per heavy atom. The van der Waals surface area contributed by atoms with Crippen molar-refractivity contribution in [2.45, 2.75) is 12.5 Å². The second-order valence-corrected chi connectivity index (χ2v) is 5.41. The number of carbonyl (C=O) groups excluding carboxylic acids is 1. The zero-order valence-corrected chi connectivity index (χ0v) is 13.0. The van der Waals surface area contributed by atoms with Gasteiger partial charge < -0.3 is 10.4 Å². The van der Waals surface area contributed by atoms with Gasteiger partial charge in [-0.05, 0) is 29.3 Å². The molecule has 2 rings (SSSR count). The van der Waals surface area contributed by atoms with Crippen molar-refractivity contribution in [3.8, 4) is 0 Å². The summed E-state index contributed by atoms with van der Waals surface area (Å²) in [6, 6.07) is 15.2. The summed E-state index contributed by atoms with van der Waals surface area (Å²) in [4.78, 5) is 23.2. The molecular formula is C18H16ClNO3. The monoisotopic (exact) mass is 329 g/mol. The minimum Gasteiger partial charge on any atom is -0.480 e. The van der Waals surface area contributed by atoms with E-state index in [1.807, 2.05) is 30.3 Å². The number of amides is 1. The Balaban J connectivity index is 1.99. The normalized spacial score (nSPS) is 12.0. The number of hydrogen-bond donors (Lipinski definition) is 2. The Hall–Kier alpha value is -2.59. The van der Waals surface area contributed by atoms with Crippen LogP contribution in [0, 0.1) is 0 Å². The van der Waals surface area contributed by atoms with Gasteiger partial charge >= 0.3 is 5.97 Å². The van der Waals surface area contributed by atoms with Crippen molar-refractivity contribution in [1.29, 1.82) is 0 Å². The van der Waals surface area contributed by atoms with Crippen molar-refractivity contribution in [2.24, 2.45) is 0 Å². The van der Waals surface area contributed by atoms with Crippen LogP contribution in [0.2, 0.25) is 5.02 Å². The van der Waals surface area contributed by atoms with Gasteiger partial charge in [0.25, 0.3) is 0 Å². The van der Waals surface area contributed by atoms with Gasteiger partial charge in [0.2, 0.25) is 5.91 Å². The van der Waals surface area contributed by atoms with Crippen molar-refractivity contribution >= 4 is 29.6 Å². The molecule has 0 unspecified atom stereocenters. The van der Waals surface area contributed by atoms with Crippen LogP contribution in [0.25, 0.3) is 6.08 Å². The summed E-state index contributed by atoms with van der Waals surface area (Å²) in [7, 11) is 0. The molecule has 2 aromatic rings. The Morgan fingerprint density at radius 3 is 2.52 bits per heavy atom. The standard InChI is InChI=1S/C18H16ClNO3/c19-15-8-4-7-14(11-15)9-10-17(21)20-16(18(22)23)12-13-5-2-1-3-6-13/h1-11,16H,12H2,(H,20,21)(H,22,23)/b10-9+/t16-/m1/s1. The fraction of sp³-hybridized carbons (Fsp3) is 0.111. The second kappa shape index (κ2) is 8.15. The molecule has 2 aromatic carbocycles. The van der Waals surface area contributed by atoms with Crippen LogP contribution in [0.4, 0.5) is 0 Å². The van der Waals surface area contributed by atoms with Gasteiger partial charge in [0, 0.05) is 17.5 Å². The number of halogens is 1. The Morgan fingerprint density at radius 1 is 1.13 bits per heavy atom. The van der Waals surface area contributed by atoms with E-state index in [9.17, 15) is 14.7 Å². The molecule has 0 aliphatic rings. The first kappa shape index (κ1) is 16.8. The van der Waals surface area contributed by atoms with Crippen LogP contribution < -0.4 is 5.32 Å². The van der Waals surface area contributed by atoms with Crippen molar-refractivity contribution in [2.75, 3.05) is 0 Å². The summed E-state index contributed by atoms with van der Waals surface area (Å²) >= 11 is 5.86. The molecule has 0 aliphatic carbocycles. The lowest BCUT2D eigenvalue weighted by molar-refractivity contribution is -0.141. The number of benzene rings is 2. The molecule has 1 amide bonds. The molecule has 0 bridgehead atoms. The lowest BCUT2D eigenvalue weighted by Crippen LogP contribution is -2.41. The van der Waals surface area contributed by atoms with Crippen LogP contribution >= 0.6 is 11.6 Å². The number of rotatable bonds is 6. The van der Waals surface area contributed by atoms with E-state index in [0.717, 1.165) is 11.1 Å². The summed E-state index contributed by atoms with van der Waals surface area (Å²) in [5, 5.41) is 12.3. The van der Waals surface area contributed by atoms with Crippen LogP contribution in [0.3, 0.4) is 0 Å². The molecule has 118 valence electrons. The third kappa shape index (κ3) is 5.60. The molecule has 4 nitrogen and oxygen atoms in total. The van der Waals surface area contributed by atoms with E-state index in [4.69, 9.17) is 11.6 Å². The van der Waals surface area contributed by atoms with Crippen LogP contribution in [0.1, 0.15) is 11.1 Å². The molecule has 0 aliphatic heterocycles. The highest BCUT2D eigenvalue weighted by atomic mass is 35.5. The quantitative estimate of drug-likeness (QED) is 0.800. The summed E-state index contributed by atoms with van der Waals surface area (Å²) < 4.78 is 0. The molecule has 0 aromatic heterocycles. The van der Waals surface area contributed by atoms with Crippen LogP contribution in [0.5, 0.6) is 0 Å². The zero-order chi connectivity index (χ0) is 16.7. The van der Waals surface area contributed by atoms with Gasteiger partial charge in [-0.1, -0.05) is 54.1 Å². The maximum Gasteiger partial charge on any atom is 0.326 e. The number of carboxylic acid groups (broad SMARTS) is 1. The topological polar surface area (TPSA) is 66.4 Å². The molecule has 0 saturated heterocycles. The fourth-order valence-electron chi connectivity index (χ4n) is 2.05. The molecular weight excluding hydrogens is 314 g/mol. The van der Waals surface area contributed by atoms with Gasteiger partial charge in [-0.15, -0.1) is 0 Å². The molecule has 23 heavy (non-hydrogen) atoms. The fourth-order valence-corrected chi connectivity index (χ4v) is 2.25. The summed E-state index contributed by atoms with van der Waals surface area (Å²) in [6.07, 6.45) is 3.11. The largest absolute Gasteiger partial charge is 0.480 e. The van der Waals surface area contributed by atoms with Gasteiger partial charge in [0.1, 0.15) is 6.04 Å². The molecule has 1 atom stereocenters. The Kier molecular flexibility index (Phi) is 5.94. The Bertz CT molecular complexity index is 713. The van der Waals surface area contributed by atoms with Crippen LogP contribution in [-0.4, -0.2) is 23.0 Å². The van der Waals surface area contributed by atoms with E-state index in [0.29, 0.717) is 5.02 Å². The van der Waals surface area contributed by atoms with E-state index in [2.05, 4.69) is 5.32 Å². The van der Waals surface area contributed by atoms with Crippen LogP contribution in [0.15, 0.2) is 60.7 Å². The molecule has 0 fully saturated rings. The molecule has 0 saturated carbocycles. The van der Waals surface area contributed by atoms with Gasteiger partial charge in [0.15, 0.2) is 0 Å². The first-order valence-corrected chi connectivity index (χ1v) is 7.43. The zero-order valence-electron chi connectivity index (χ0n) is 12.3. The highest BCUT2D eigenvalue weighted by molar-refractivity contribution is 6.30. The average molecular weight is 330 g/mol. The maximum absolute atomic E-state index is 11.9. The molecule has 0 heterocycles. The first-order chi connectivity index (χ1) is 11.0. The summed E-state index contributed by atoms with van der Waals surface area (Å²) in [6.45, 7) is 0. The lowest BCUT2D eigenvalue weighted by atomic mass is 10.1. The molecule has 0 spiro atoms. The number of hydrogen-bond acceptors (Lipinski definition) is 2. The van der Waals surface area contributed by atoms with E-state index in [1.54, 1.807) is 30.3 Å². The van der Waals surface area contributed by atoms with E-state index in [1.165, 1.54) is 6.08 Å². The molecule has 5 heteroatoms. The van der Waals surface area contributed by atoms with Crippen molar-refractivity contribution in [1.82, 2.24) is 5.32 Å². The van der Waals surface area contributed by atoms with Crippen molar-refractivity contribution < 1.29 is 14.7 Å². The van der Waals surface area contributed by atoms with Crippen molar-refractivity contribution in [3.63, 3.8) is 0 Å². The minimum absolute atomic E-state index is 0.229. The third-order valence-corrected chi connectivity index (χ3v) is 3.41. The van der Waals surface area contributed by atoms with Gasteiger partial charge in [-0.3, -0.25) is 4.79 Å². The van der Waals surface area contributed by atoms with Crippen molar-refractivity contribution in [3.05, 3.63) is 76.8 Å². The second-order valence-electron chi connectivity index (χ2n) is 4.98. The predicted octanol–water partition coefficient (Wildman–Crippen LogP) is 3.17. The van der Waals surface area contributed by atoms with E-state index < -0.39 is 17.9 Å². The lowest BCUT2D eigenvalue weighted by Gasteiger charge is -2.13. The molecule has 0 radical (unpaired) electrons. The number of carboxylic acids is 1. The highest BCUT2D eigenvalue weighted by Gasteiger charge is 2.19. The highest BCUT2D eigenvalue weighted by Crippen LogP contribution is 2.11. The number of aliphatic carboxylic acids is 1. The minimum atomic E-state index is -1.07. The van der Waals surface area contributed by atoms with E-state index in [-0.39, 0.29) is 6.42 Å². The Labute approximate surface area is 139 Å². The molecule has 2 N–H and O–H groups in total. The predicted molar refractivity (Wildman–Crippen MR) is 90.2 cm³/mol. The van der Waals surface area contributed by atoms with Crippen LogP contribution in [-0.2, 0) is 16.0 Å². The number of nitrogens with one attached hydrogen (secondary N) is 1. The van der Waals surface area contributed by atoms with Gasteiger partial charge in [0.05, 0.1) is 0 Å². The number of carbonyl (C=O) groups is 2. The third-order valence-electron chi connectivity index (χ3n) is 3.17. The van der Waals surface area contributed by atoms with Gasteiger partial charge in [-0.25, -0.2) is 4.79 Å². The van der Waals surface area contributed by atoms with Gasteiger partial charge in [-0.2, -0.15) is 0 Å². The van der Waals surface area contributed by atoms with E-state index >= 15 is 0 Å².